The molecule has 0 spiro atoms. The lowest BCUT2D eigenvalue weighted by atomic mass is 10.1. The number of carbonyl (C=O) groups is 1. The Morgan fingerprint density at radius 1 is 1.07 bits per heavy atom. The van der Waals surface area contributed by atoms with Crippen LogP contribution in [0.3, 0.4) is 0 Å². The predicted octanol–water partition coefficient (Wildman–Crippen LogP) is 3.41. The van der Waals surface area contributed by atoms with Crippen LogP contribution in [0.4, 0.5) is 5.69 Å². The van der Waals surface area contributed by atoms with E-state index in [4.69, 9.17) is 26.4 Å². The molecule has 0 fully saturated rings. The van der Waals surface area contributed by atoms with Gasteiger partial charge < -0.3 is 24.8 Å². The molecule has 144 valence electrons. The minimum absolute atomic E-state index is 0.321. The molecule has 0 amide bonds. The lowest BCUT2D eigenvalue weighted by Gasteiger charge is -2.14. The minimum Gasteiger partial charge on any atom is -0.493 e. The first kappa shape index (κ1) is 20.5. The van der Waals surface area contributed by atoms with Gasteiger partial charge in [-0.2, -0.15) is 0 Å². The zero-order valence-electron chi connectivity index (χ0n) is 15.7. The third kappa shape index (κ3) is 5.86. The van der Waals surface area contributed by atoms with Gasteiger partial charge >= 0.3 is 5.97 Å². The molecule has 0 radical (unpaired) electrons. The number of carbonyl (C=O) groups excluding carboxylic acids is 1. The third-order valence-electron chi connectivity index (χ3n) is 3.82. The van der Waals surface area contributed by atoms with Gasteiger partial charge in [0.2, 0.25) is 0 Å². The first-order valence-corrected chi connectivity index (χ1v) is 9.01. The molecule has 0 saturated carbocycles. The number of thiocarbonyl (C=S) groups is 1. The SMILES string of the molecule is CCOC(=O)c1ccccc1NC(=S)NCCc1ccc(OC)c(OC)c1. The highest BCUT2D eigenvalue weighted by Crippen LogP contribution is 2.27. The Labute approximate surface area is 164 Å². The normalized spacial score (nSPS) is 10.0. The van der Waals surface area contributed by atoms with Crippen molar-refractivity contribution in [1.29, 1.82) is 0 Å². The van der Waals surface area contributed by atoms with Crippen molar-refractivity contribution in [1.82, 2.24) is 5.32 Å². The molecule has 0 aliphatic heterocycles. The highest BCUT2D eigenvalue weighted by molar-refractivity contribution is 7.80. The van der Waals surface area contributed by atoms with Gasteiger partial charge in [0.1, 0.15) is 0 Å². The second-order valence-corrected chi connectivity index (χ2v) is 5.99. The van der Waals surface area contributed by atoms with E-state index < -0.39 is 0 Å². The van der Waals surface area contributed by atoms with E-state index in [1.54, 1.807) is 39.3 Å². The summed E-state index contributed by atoms with van der Waals surface area (Å²) in [6.45, 7) is 2.72. The topological polar surface area (TPSA) is 68.8 Å². The maximum absolute atomic E-state index is 12.0. The van der Waals surface area contributed by atoms with Crippen molar-refractivity contribution in [2.24, 2.45) is 0 Å². The summed E-state index contributed by atoms with van der Waals surface area (Å²) < 4.78 is 15.6. The van der Waals surface area contributed by atoms with Crippen LogP contribution < -0.4 is 20.1 Å². The summed E-state index contributed by atoms with van der Waals surface area (Å²) in [5.41, 5.74) is 2.15. The fourth-order valence-electron chi connectivity index (χ4n) is 2.50. The number of esters is 1. The molecule has 2 aromatic rings. The van der Waals surface area contributed by atoms with E-state index in [0.717, 1.165) is 12.0 Å². The van der Waals surface area contributed by atoms with E-state index in [0.29, 0.717) is 41.0 Å². The molecule has 0 heterocycles. The van der Waals surface area contributed by atoms with Crippen LogP contribution in [0.1, 0.15) is 22.8 Å². The second kappa shape index (κ2) is 10.4. The van der Waals surface area contributed by atoms with E-state index >= 15 is 0 Å². The van der Waals surface area contributed by atoms with Crippen molar-refractivity contribution >= 4 is 29.0 Å². The van der Waals surface area contributed by atoms with Crippen LogP contribution in [0.15, 0.2) is 42.5 Å². The molecule has 0 bridgehead atoms. The van der Waals surface area contributed by atoms with Gasteiger partial charge in [-0.1, -0.05) is 18.2 Å². The second-order valence-electron chi connectivity index (χ2n) is 5.59. The van der Waals surface area contributed by atoms with Gasteiger partial charge in [0.25, 0.3) is 0 Å². The van der Waals surface area contributed by atoms with Crippen LogP contribution >= 0.6 is 12.2 Å². The molecule has 6 nitrogen and oxygen atoms in total. The summed E-state index contributed by atoms with van der Waals surface area (Å²) in [4.78, 5) is 12.0. The predicted molar refractivity (Wildman–Crippen MR) is 110 cm³/mol. The van der Waals surface area contributed by atoms with Crippen molar-refractivity contribution < 1.29 is 19.0 Å². The maximum atomic E-state index is 12.0. The van der Waals surface area contributed by atoms with Crippen molar-refractivity contribution in [2.75, 3.05) is 32.7 Å². The summed E-state index contributed by atoms with van der Waals surface area (Å²) in [7, 11) is 3.22. The lowest BCUT2D eigenvalue weighted by Crippen LogP contribution is -2.30. The van der Waals surface area contributed by atoms with Gasteiger partial charge in [-0.25, -0.2) is 4.79 Å². The molecule has 27 heavy (non-hydrogen) atoms. The molecule has 2 rings (SSSR count). The van der Waals surface area contributed by atoms with Gasteiger partial charge in [0.15, 0.2) is 16.6 Å². The number of nitrogens with one attached hydrogen (secondary N) is 2. The molecule has 0 atom stereocenters. The number of para-hydroxylation sites is 1. The quantitative estimate of drug-likeness (QED) is 0.530. The first-order chi connectivity index (χ1) is 13.1. The van der Waals surface area contributed by atoms with Crippen LogP contribution in [0.2, 0.25) is 0 Å². The van der Waals surface area contributed by atoms with Gasteiger partial charge in [-0.15, -0.1) is 0 Å². The van der Waals surface area contributed by atoms with Gasteiger partial charge in [-0.3, -0.25) is 0 Å². The Morgan fingerprint density at radius 3 is 2.52 bits per heavy atom. The smallest absolute Gasteiger partial charge is 0.340 e. The zero-order chi connectivity index (χ0) is 19.6. The molecular weight excluding hydrogens is 364 g/mol. The fraction of sp³-hybridized carbons (Fsp3) is 0.300. The van der Waals surface area contributed by atoms with E-state index in [-0.39, 0.29) is 5.97 Å². The number of benzene rings is 2. The molecule has 0 aromatic heterocycles. The Hall–Kier alpha value is -2.80. The molecule has 2 N–H and O–H groups in total. The van der Waals surface area contributed by atoms with Crippen molar-refractivity contribution in [3.63, 3.8) is 0 Å². The Balaban J connectivity index is 1.91. The first-order valence-electron chi connectivity index (χ1n) is 8.61. The van der Waals surface area contributed by atoms with Gasteiger partial charge in [-0.05, 0) is 55.4 Å². The summed E-state index contributed by atoms with van der Waals surface area (Å²) in [6, 6.07) is 12.9. The summed E-state index contributed by atoms with van der Waals surface area (Å²) in [6.07, 6.45) is 0.752. The van der Waals surface area contributed by atoms with Crippen LogP contribution in [0.25, 0.3) is 0 Å². The zero-order valence-corrected chi connectivity index (χ0v) is 16.5. The Morgan fingerprint density at radius 2 is 1.81 bits per heavy atom. The average molecular weight is 388 g/mol. The number of rotatable bonds is 8. The maximum Gasteiger partial charge on any atom is 0.340 e. The van der Waals surface area contributed by atoms with Crippen molar-refractivity contribution in [3.8, 4) is 11.5 Å². The van der Waals surface area contributed by atoms with Crippen LogP contribution in [0, 0.1) is 0 Å². The largest absolute Gasteiger partial charge is 0.493 e. The number of methoxy groups -OCH3 is 2. The van der Waals surface area contributed by atoms with Crippen LogP contribution in [-0.2, 0) is 11.2 Å². The van der Waals surface area contributed by atoms with E-state index in [1.807, 2.05) is 24.3 Å². The minimum atomic E-state index is -0.381. The van der Waals surface area contributed by atoms with Crippen LogP contribution in [-0.4, -0.2) is 38.5 Å². The monoisotopic (exact) mass is 388 g/mol. The van der Waals surface area contributed by atoms with E-state index in [1.165, 1.54) is 0 Å². The molecule has 0 unspecified atom stereocenters. The Kier molecular flexibility index (Phi) is 7.88. The third-order valence-corrected chi connectivity index (χ3v) is 4.06. The number of hydrogen-bond donors (Lipinski definition) is 2. The molecule has 0 saturated heterocycles. The van der Waals surface area contributed by atoms with Gasteiger partial charge in [0.05, 0.1) is 32.1 Å². The number of ether oxygens (including phenoxy) is 3. The van der Waals surface area contributed by atoms with Crippen molar-refractivity contribution in [2.45, 2.75) is 13.3 Å². The van der Waals surface area contributed by atoms with E-state index in [2.05, 4.69) is 10.6 Å². The fourth-order valence-corrected chi connectivity index (χ4v) is 2.71. The number of anilines is 1. The van der Waals surface area contributed by atoms with Gasteiger partial charge in [0, 0.05) is 6.54 Å². The highest BCUT2D eigenvalue weighted by atomic mass is 32.1. The number of hydrogen-bond acceptors (Lipinski definition) is 5. The molecule has 0 aliphatic rings. The molecular formula is C20H24N2O4S. The van der Waals surface area contributed by atoms with Crippen molar-refractivity contribution in [3.05, 3.63) is 53.6 Å². The Bertz CT molecular complexity index is 795. The molecule has 0 aliphatic carbocycles. The summed E-state index contributed by atoms with van der Waals surface area (Å²) in [5, 5.41) is 6.63. The lowest BCUT2D eigenvalue weighted by molar-refractivity contribution is 0.0527. The molecule has 7 heteroatoms. The standard InChI is InChI=1S/C20H24N2O4S/c1-4-26-19(23)15-7-5-6-8-16(15)22-20(27)21-12-11-14-9-10-17(24-2)18(13-14)25-3/h5-10,13H,4,11-12H2,1-3H3,(H2,21,22,27). The average Bonchev–Trinajstić information content (AvgIpc) is 2.68. The molecule has 2 aromatic carbocycles. The summed E-state index contributed by atoms with van der Waals surface area (Å²) in [5.74, 6) is 1.01. The highest BCUT2D eigenvalue weighted by Gasteiger charge is 2.12. The van der Waals surface area contributed by atoms with E-state index in [9.17, 15) is 4.79 Å². The summed E-state index contributed by atoms with van der Waals surface area (Å²) >= 11 is 5.33. The van der Waals surface area contributed by atoms with Crippen LogP contribution in [0.5, 0.6) is 11.5 Å².